The minimum Gasteiger partial charge on any atom is -0.482 e. The number of hydrogen-bond acceptors (Lipinski definition) is 5. The Labute approximate surface area is 167 Å². The molecule has 0 aliphatic carbocycles. The van der Waals surface area contributed by atoms with Crippen LogP contribution in [0.4, 0.5) is 11.4 Å². The molecule has 2 aromatic rings. The highest BCUT2D eigenvalue weighted by molar-refractivity contribution is 8.24. The summed E-state index contributed by atoms with van der Waals surface area (Å²) in [4.78, 5) is 26.7. The van der Waals surface area contributed by atoms with E-state index in [1.165, 1.54) is 16.5 Å². The van der Waals surface area contributed by atoms with Crippen molar-refractivity contribution in [3.05, 3.63) is 58.5 Å². The van der Waals surface area contributed by atoms with E-state index >= 15 is 0 Å². The average Bonchev–Trinajstić information content (AvgIpc) is 2.68. The predicted molar refractivity (Wildman–Crippen MR) is 114 cm³/mol. The topological polar surface area (TPSA) is 58.6 Å². The largest absolute Gasteiger partial charge is 0.482 e. The SMILES string of the molecule is CNC(=O)/C(=C/c1ccc2c(c1)N(c1ccc(C)cc1)C(=O)CO2)SC=S. The molecule has 0 bridgehead atoms. The van der Waals surface area contributed by atoms with Crippen molar-refractivity contribution in [2.45, 2.75) is 6.92 Å². The third-order valence-electron chi connectivity index (χ3n) is 4.04. The Hall–Kier alpha value is -2.64. The van der Waals surface area contributed by atoms with Crippen molar-refractivity contribution in [1.29, 1.82) is 0 Å². The molecule has 2 amide bonds. The molecule has 0 unspecified atom stereocenters. The van der Waals surface area contributed by atoms with E-state index in [4.69, 9.17) is 17.0 Å². The second-order valence-corrected chi connectivity index (χ2v) is 7.33. The summed E-state index contributed by atoms with van der Waals surface area (Å²) in [5.41, 5.74) is 3.31. The molecule has 0 atom stereocenters. The van der Waals surface area contributed by atoms with Gasteiger partial charge in [0.2, 0.25) is 0 Å². The lowest BCUT2D eigenvalue weighted by Gasteiger charge is -2.29. The first kappa shape index (κ1) is 19.1. The summed E-state index contributed by atoms with van der Waals surface area (Å²) in [5.74, 6) is 0.255. The van der Waals surface area contributed by atoms with Crippen LogP contribution in [0.2, 0.25) is 0 Å². The van der Waals surface area contributed by atoms with E-state index in [0.717, 1.165) is 16.8 Å². The fraction of sp³-hybridized carbons (Fsp3) is 0.150. The number of anilines is 2. The normalized spacial score (nSPS) is 13.6. The summed E-state index contributed by atoms with van der Waals surface area (Å²) < 4.78 is 7.00. The van der Waals surface area contributed by atoms with Crippen molar-refractivity contribution in [2.75, 3.05) is 18.6 Å². The second-order valence-electron chi connectivity index (χ2n) is 5.88. The summed E-state index contributed by atoms with van der Waals surface area (Å²) in [6, 6.07) is 13.2. The van der Waals surface area contributed by atoms with Gasteiger partial charge in [-0.1, -0.05) is 47.7 Å². The molecule has 0 saturated carbocycles. The fourth-order valence-electron chi connectivity index (χ4n) is 2.72. The first-order valence-corrected chi connectivity index (χ1v) is 9.59. The van der Waals surface area contributed by atoms with Crippen molar-refractivity contribution < 1.29 is 14.3 Å². The van der Waals surface area contributed by atoms with E-state index in [9.17, 15) is 9.59 Å². The highest BCUT2D eigenvalue weighted by Crippen LogP contribution is 2.38. The Kier molecular flexibility index (Phi) is 5.93. The number of carbonyl (C=O) groups is 2. The van der Waals surface area contributed by atoms with Gasteiger partial charge in [-0.15, -0.1) is 0 Å². The van der Waals surface area contributed by atoms with Gasteiger partial charge >= 0.3 is 0 Å². The number of likely N-dealkylation sites (N-methyl/N-ethyl adjacent to an activating group) is 1. The number of aryl methyl sites for hydroxylation is 1. The number of hydrogen-bond donors (Lipinski definition) is 1. The van der Waals surface area contributed by atoms with Gasteiger partial charge in [0.15, 0.2) is 6.61 Å². The maximum absolute atomic E-state index is 12.5. The minimum absolute atomic E-state index is 0.0136. The minimum atomic E-state index is -0.221. The molecule has 0 aromatic heterocycles. The van der Waals surface area contributed by atoms with Crippen LogP contribution >= 0.6 is 24.0 Å². The summed E-state index contributed by atoms with van der Waals surface area (Å²) in [6.07, 6.45) is 1.74. The zero-order valence-electron chi connectivity index (χ0n) is 14.9. The van der Waals surface area contributed by atoms with Gasteiger partial charge in [-0.3, -0.25) is 14.5 Å². The molecule has 1 heterocycles. The number of carbonyl (C=O) groups excluding carboxylic acids is 2. The van der Waals surface area contributed by atoms with E-state index in [-0.39, 0.29) is 18.4 Å². The second kappa shape index (κ2) is 8.37. The van der Waals surface area contributed by atoms with Gasteiger partial charge in [-0.05, 0) is 42.8 Å². The Morgan fingerprint density at radius 3 is 2.67 bits per heavy atom. The van der Waals surface area contributed by atoms with Gasteiger partial charge in [0.1, 0.15) is 5.75 Å². The molecule has 5 nitrogen and oxygen atoms in total. The van der Waals surface area contributed by atoms with Gasteiger partial charge in [-0.25, -0.2) is 0 Å². The van der Waals surface area contributed by atoms with Crippen molar-refractivity contribution in [1.82, 2.24) is 5.32 Å². The van der Waals surface area contributed by atoms with Crippen LogP contribution < -0.4 is 15.0 Å². The van der Waals surface area contributed by atoms with Crippen molar-refractivity contribution in [3.8, 4) is 5.75 Å². The number of ether oxygens (including phenoxy) is 1. The number of rotatable bonds is 5. The Bertz CT molecular complexity index is 923. The third kappa shape index (κ3) is 4.20. The molecular weight excluding hydrogens is 380 g/mol. The van der Waals surface area contributed by atoms with E-state index in [0.29, 0.717) is 16.3 Å². The Balaban J connectivity index is 2.05. The molecule has 0 radical (unpaired) electrons. The predicted octanol–water partition coefficient (Wildman–Crippen LogP) is 3.83. The van der Waals surface area contributed by atoms with Crippen LogP contribution in [-0.2, 0) is 9.59 Å². The number of thiocarbonyl (C=S) groups is 1. The number of nitrogens with zero attached hydrogens (tertiary/aromatic N) is 1. The molecule has 1 N–H and O–H groups in total. The molecule has 3 rings (SSSR count). The van der Waals surface area contributed by atoms with E-state index in [1.54, 1.807) is 24.1 Å². The third-order valence-corrected chi connectivity index (χ3v) is 4.98. The van der Waals surface area contributed by atoms with Crippen molar-refractivity contribution in [3.63, 3.8) is 0 Å². The Morgan fingerprint density at radius 2 is 2.00 bits per heavy atom. The lowest BCUT2D eigenvalue weighted by Crippen LogP contribution is -2.35. The molecule has 1 aliphatic rings. The lowest BCUT2D eigenvalue weighted by atomic mass is 10.1. The summed E-state index contributed by atoms with van der Waals surface area (Å²) in [7, 11) is 1.57. The van der Waals surface area contributed by atoms with Gasteiger partial charge in [0.25, 0.3) is 11.8 Å². The van der Waals surface area contributed by atoms with Gasteiger partial charge in [-0.2, -0.15) is 0 Å². The molecule has 7 heteroatoms. The number of benzene rings is 2. The highest BCUT2D eigenvalue weighted by Gasteiger charge is 2.27. The molecule has 138 valence electrons. The van der Waals surface area contributed by atoms with Crippen LogP contribution in [-0.4, -0.2) is 30.2 Å². The summed E-state index contributed by atoms with van der Waals surface area (Å²) >= 11 is 6.03. The standard InChI is InChI=1S/C20H18N2O3S2/c1-13-3-6-15(7-4-13)22-16-9-14(5-8-17(16)25-11-19(22)23)10-18(27-12-26)20(24)21-2/h3-10,12H,11H2,1-2H3,(H,21,24)/b18-10-. The van der Waals surface area contributed by atoms with Gasteiger partial charge in [0, 0.05) is 17.4 Å². The Morgan fingerprint density at radius 1 is 1.26 bits per heavy atom. The molecular formula is C20H18N2O3S2. The molecule has 0 spiro atoms. The first-order chi connectivity index (χ1) is 13.0. The van der Waals surface area contributed by atoms with Crippen LogP contribution in [0.15, 0.2) is 47.4 Å². The molecule has 2 aromatic carbocycles. The lowest BCUT2D eigenvalue weighted by molar-refractivity contribution is -0.120. The zero-order valence-corrected chi connectivity index (χ0v) is 16.5. The van der Waals surface area contributed by atoms with Crippen LogP contribution in [0, 0.1) is 6.92 Å². The molecule has 1 aliphatic heterocycles. The van der Waals surface area contributed by atoms with Crippen LogP contribution in [0.25, 0.3) is 6.08 Å². The fourth-order valence-corrected chi connectivity index (χ4v) is 3.54. The number of fused-ring (bicyclic) bond motifs is 1. The van der Waals surface area contributed by atoms with Crippen LogP contribution in [0.5, 0.6) is 5.75 Å². The monoisotopic (exact) mass is 398 g/mol. The van der Waals surface area contributed by atoms with Crippen molar-refractivity contribution in [2.24, 2.45) is 0 Å². The molecule has 0 saturated heterocycles. The van der Waals surface area contributed by atoms with E-state index in [2.05, 4.69) is 5.32 Å². The van der Waals surface area contributed by atoms with Gasteiger partial charge in [0.05, 0.1) is 10.6 Å². The number of amides is 2. The van der Waals surface area contributed by atoms with Crippen LogP contribution in [0.1, 0.15) is 11.1 Å². The molecule has 27 heavy (non-hydrogen) atoms. The maximum atomic E-state index is 12.5. The van der Waals surface area contributed by atoms with E-state index < -0.39 is 0 Å². The highest BCUT2D eigenvalue weighted by atomic mass is 32.2. The maximum Gasteiger partial charge on any atom is 0.269 e. The van der Waals surface area contributed by atoms with E-state index in [1.807, 2.05) is 43.3 Å². The summed E-state index contributed by atoms with van der Waals surface area (Å²) in [5, 5.41) is 2.60. The smallest absolute Gasteiger partial charge is 0.269 e. The van der Waals surface area contributed by atoms with Gasteiger partial charge < -0.3 is 10.1 Å². The quantitative estimate of drug-likeness (QED) is 0.613. The summed E-state index contributed by atoms with van der Waals surface area (Å²) in [6.45, 7) is 1.98. The van der Waals surface area contributed by atoms with Crippen LogP contribution in [0.3, 0.4) is 0 Å². The number of thioether (sulfide) groups is 1. The average molecular weight is 399 g/mol. The zero-order chi connectivity index (χ0) is 19.4. The first-order valence-electron chi connectivity index (χ1n) is 8.24. The molecule has 0 fully saturated rings. The number of nitrogens with one attached hydrogen (secondary N) is 1. The van der Waals surface area contributed by atoms with Crippen molar-refractivity contribution >= 4 is 57.9 Å².